The summed E-state index contributed by atoms with van der Waals surface area (Å²) in [6.45, 7) is 0.640. The van der Waals surface area contributed by atoms with Crippen LogP contribution in [0.2, 0.25) is 0 Å². The van der Waals surface area contributed by atoms with Crippen molar-refractivity contribution in [2.45, 2.75) is 6.42 Å². The first kappa shape index (κ1) is 13.9. The maximum Gasteiger partial charge on any atom is 0.337 e. The minimum absolute atomic E-state index is 0.201. The lowest BCUT2D eigenvalue weighted by atomic mass is 10.1. The topological polar surface area (TPSA) is 75.4 Å². The van der Waals surface area contributed by atoms with E-state index in [1.807, 2.05) is 12.1 Å². The molecule has 0 aliphatic heterocycles. The van der Waals surface area contributed by atoms with E-state index in [2.05, 4.69) is 21.2 Å². The summed E-state index contributed by atoms with van der Waals surface area (Å²) in [6, 6.07) is 8.92. The lowest BCUT2D eigenvalue weighted by molar-refractivity contribution is 0.0698. The summed E-state index contributed by atoms with van der Waals surface area (Å²) in [7, 11) is 0. The Labute approximate surface area is 123 Å². The van der Waals surface area contributed by atoms with Crippen molar-refractivity contribution >= 4 is 44.6 Å². The number of carboxylic acid groups (broad SMARTS) is 1. The zero-order valence-corrected chi connectivity index (χ0v) is 12.4. The van der Waals surface area contributed by atoms with Crippen LogP contribution in [0.4, 0.5) is 11.4 Å². The van der Waals surface area contributed by atoms with Gasteiger partial charge in [0, 0.05) is 11.4 Å². The summed E-state index contributed by atoms with van der Waals surface area (Å²) in [5, 5.41) is 12.2. The zero-order chi connectivity index (χ0) is 13.8. The van der Waals surface area contributed by atoms with Crippen molar-refractivity contribution in [3.8, 4) is 0 Å². The Morgan fingerprint density at radius 2 is 2.16 bits per heavy atom. The van der Waals surface area contributed by atoms with Crippen molar-refractivity contribution in [3.63, 3.8) is 0 Å². The number of aromatic carboxylic acids is 1. The highest BCUT2D eigenvalue weighted by Crippen LogP contribution is 2.25. The number of hydrogen-bond acceptors (Lipinski definition) is 4. The molecule has 100 valence electrons. The molecule has 2 aromatic rings. The zero-order valence-electron chi connectivity index (χ0n) is 10.0. The van der Waals surface area contributed by atoms with Crippen LogP contribution in [0.3, 0.4) is 0 Å². The molecule has 0 radical (unpaired) electrons. The molecule has 2 rings (SSSR count). The number of nitrogens with two attached hydrogens (primary N) is 1. The second kappa shape index (κ2) is 6.08. The summed E-state index contributed by atoms with van der Waals surface area (Å²) in [4.78, 5) is 12.3. The van der Waals surface area contributed by atoms with E-state index in [0.717, 1.165) is 10.2 Å². The third-order valence-electron chi connectivity index (χ3n) is 2.63. The van der Waals surface area contributed by atoms with Crippen LogP contribution in [0.5, 0.6) is 0 Å². The van der Waals surface area contributed by atoms with Gasteiger partial charge in [0.05, 0.1) is 20.7 Å². The molecule has 0 saturated heterocycles. The number of carboxylic acids is 1. The molecule has 1 aromatic heterocycles. The van der Waals surface area contributed by atoms with Crippen LogP contribution in [0.1, 0.15) is 15.2 Å². The SMILES string of the molecule is Nc1cccc(C(=O)O)c1NCCc1ccc(Br)s1. The van der Waals surface area contributed by atoms with E-state index in [9.17, 15) is 4.79 Å². The first-order chi connectivity index (χ1) is 9.08. The largest absolute Gasteiger partial charge is 0.478 e. The molecule has 0 aliphatic carbocycles. The number of hydrogen-bond donors (Lipinski definition) is 3. The van der Waals surface area contributed by atoms with Crippen LogP contribution in [-0.4, -0.2) is 17.6 Å². The monoisotopic (exact) mass is 340 g/mol. The Kier molecular flexibility index (Phi) is 4.44. The van der Waals surface area contributed by atoms with Gasteiger partial charge in [-0.25, -0.2) is 4.79 Å². The highest BCUT2D eigenvalue weighted by atomic mass is 79.9. The number of para-hydroxylation sites is 1. The second-order valence-electron chi connectivity index (χ2n) is 3.96. The molecule has 0 bridgehead atoms. The van der Waals surface area contributed by atoms with Crippen LogP contribution in [-0.2, 0) is 6.42 Å². The average molecular weight is 341 g/mol. The van der Waals surface area contributed by atoms with Crippen molar-refractivity contribution in [3.05, 3.63) is 44.6 Å². The quantitative estimate of drug-likeness (QED) is 0.728. The van der Waals surface area contributed by atoms with Crippen LogP contribution in [0.15, 0.2) is 34.1 Å². The number of nitrogen functional groups attached to an aromatic ring is 1. The van der Waals surface area contributed by atoms with Crippen molar-refractivity contribution in [1.82, 2.24) is 0 Å². The fraction of sp³-hybridized carbons (Fsp3) is 0.154. The van der Waals surface area contributed by atoms with Crippen LogP contribution in [0, 0.1) is 0 Å². The first-order valence-electron chi connectivity index (χ1n) is 5.68. The molecule has 0 saturated carbocycles. The van der Waals surface area contributed by atoms with Crippen LogP contribution < -0.4 is 11.1 Å². The minimum Gasteiger partial charge on any atom is -0.478 e. The third kappa shape index (κ3) is 3.48. The number of thiophene rings is 1. The molecule has 1 aromatic carbocycles. The van der Waals surface area contributed by atoms with E-state index in [4.69, 9.17) is 10.8 Å². The molecule has 0 fully saturated rings. The first-order valence-corrected chi connectivity index (χ1v) is 7.28. The van der Waals surface area contributed by atoms with Gasteiger partial charge in [-0.15, -0.1) is 11.3 Å². The Morgan fingerprint density at radius 1 is 1.37 bits per heavy atom. The van der Waals surface area contributed by atoms with Crippen LogP contribution in [0.25, 0.3) is 0 Å². The minimum atomic E-state index is -0.978. The molecule has 0 atom stereocenters. The van der Waals surface area contributed by atoms with E-state index >= 15 is 0 Å². The summed E-state index contributed by atoms with van der Waals surface area (Å²) in [5.41, 5.74) is 6.96. The van der Waals surface area contributed by atoms with E-state index in [-0.39, 0.29) is 5.56 Å². The van der Waals surface area contributed by atoms with Gasteiger partial charge in [-0.3, -0.25) is 0 Å². The maximum atomic E-state index is 11.1. The fourth-order valence-electron chi connectivity index (χ4n) is 1.74. The smallest absolute Gasteiger partial charge is 0.337 e. The number of halogens is 1. The summed E-state index contributed by atoms with van der Waals surface area (Å²) in [6.07, 6.45) is 0.823. The van der Waals surface area contributed by atoms with Gasteiger partial charge in [-0.05, 0) is 46.6 Å². The molecule has 19 heavy (non-hydrogen) atoms. The number of benzene rings is 1. The van der Waals surface area contributed by atoms with Crippen molar-refractivity contribution < 1.29 is 9.90 Å². The molecule has 0 unspecified atom stereocenters. The van der Waals surface area contributed by atoms with Gasteiger partial charge >= 0.3 is 5.97 Å². The molecule has 0 aliphatic rings. The normalized spacial score (nSPS) is 10.4. The number of carbonyl (C=O) groups is 1. The lowest BCUT2D eigenvalue weighted by Crippen LogP contribution is -2.11. The van der Waals surface area contributed by atoms with Gasteiger partial charge in [-0.2, -0.15) is 0 Å². The van der Waals surface area contributed by atoms with Crippen molar-refractivity contribution in [1.29, 1.82) is 0 Å². The van der Waals surface area contributed by atoms with Gasteiger partial charge in [0.1, 0.15) is 0 Å². The molecular weight excluding hydrogens is 328 g/mol. The molecule has 4 nitrogen and oxygen atoms in total. The standard InChI is InChI=1S/C13H13BrN2O2S/c14-11-5-4-8(19-11)6-7-16-12-9(13(17)18)2-1-3-10(12)15/h1-5,16H,6-7,15H2,(H,17,18). The molecule has 4 N–H and O–H groups in total. The van der Waals surface area contributed by atoms with Gasteiger partial charge in [0.2, 0.25) is 0 Å². The third-order valence-corrected chi connectivity index (χ3v) is 4.31. The molecule has 6 heteroatoms. The van der Waals surface area contributed by atoms with E-state index in [1.165, 1.54) is 4.88 Å². The molecule has 0 amide bonds. The predicted molar refractivity (Wildman–Crippen MR) is 82.0 cm³/mol. The lowest BCUT2D eigenvalue weighted by Gasteiger charge is -2.11. The number of anilines is 2. The van der Waals surface area contributed by atoms with E-state index in [1.54, 1.807) is 29.5 Å². The highest BCUT2D eigenvalue weighted by molar-refractivity contribution is 9.11. The van der Waals surface area contributed by atoms with Crippen molar-refractivity contribution in [2.24, 2.45) is 0 Å². The fourth-order valence-corrected chi connectivity index (χ4v) is 3.23. The average Bonchev–Trinajstić information content (AvgIpc) is 2.77. The second-order valence-corrected chi connectivity index (χ2v) is 6.51. The highest BCUT2D eigenvalue weighted by Gasteiger charge is 2.11. The summed E-state index contributed by atoms with van der Waals surface area (Å²) in [5.74, 6) is -0.978. The Bertz CT molecular complexity index is 598. The Balaban J connectivity index is 2.05. The Hall–Kier alpha value is -1.53. The van der Waals surface area contributed by atoms with Crippen molar-refractivity contribution in [2.75, 3.05) is 17.6 Å². The number of rotatable bonds is 5. The molecule has 0 spiro atoms. The van der Waals surface area contributed by atoms with E-state index in [0.29, 0.717) is 17.9 Å². The maximum absolute atomic E-state index is 11.1. The molecular formula is C13H13BrN2O2S. The van der Waals surface area contributed by atoms with Crippen LogP contribution >= 0.6 is 27.3 Å². The number of nitrogens with one attached hydrogen (secondary N) is 1. The summed E-state index contributed by atoms with van der Waals surface area (Å²) < 4.78 is 1.09. The van der Waals surface area contributed by atoms with Gasteiger partial charge in [0.25, 0.3) is 0 Å². The Morgan fingerprint density at radius 3 is 2.79 bits per heavy atom. The van der Waals surface area contributed by atoms with E-state index < -0.39 is 5.97 Å². The predicted octanol–water partition coefficient (Wildman–Crippen LogP) is 3.45. The molecule has 1 heterocycles. The van der Waals surface area contributed by atoms with Gasteiger partial charge in [0.15, 0.2) is 0 Å². The van der Waals surface area contributed by atoms with Gasteiger partial charge < -0.3 is 16.2 Å². The van der Waals surface area contributed by atoms with Gasteiger partial charge in [-0.1, -0.05) is 6.07 Å². The summed E-state index contributed by atoms with van der Waals surface area (Å²) >= 11 is 5.08.